The van der Waals surface area contributed by atoms with Crippen molar-refractivity contribution in [3.05, 3.63) is 137 Å². The Bertz CT molecular complexity index is 2550. The fraction of sp³-hybridized carbons (Fsp3) is 0.464. The van der Waals surface area contributed by atoms with Crippen molar-refractivity contribution in [2.45, 2.75) is 134 Å². The monoisotopic (exact) mass is 763 g/mol. The largest absolute Gasteiger partial charge is 0.457 e. The molecule has 1 aliphatic heterocycles. The summed E-state index contributed by atoms with van der Waals surface area (Å²) < 4.78 is 7.04. The molecule has 6 unspecified atom stereocenters. The number of fused-ring (bicyclic) bond motifs is 9. The van der Waals surface area contributed by atoms with E-state index < -0.39 is 0 Å². The molecule has 0 amide bonds. The fourth-order valence-corrected chi connectivity index (χ4v) is 15.0. The molecule has 2 heteroatoms. The van der Waals surface area contributed by atoms with Gasteiger partial charge in [-0.3, -0.25) is 0 Å². The molecule has 6 aliphatic carbocycles. The summed E-state index contributed by atoms with van der Waals surface area (Å²) in [7, 11) is 0. The molecule has 4 saturated carbocycles. The first-order valence-corrected chi connectivity index (χ1v) is 22.8. The molecular weight excluding hydrogens is 703 g/mol. The molecule has 296 valence electrons. The van der Waals surface area contributed by atoms with Gasteiger partial charge in [0.15, 0.2) is 0 Å². The number of nitrogens with zero attached hydrogens (tertiary/aromatic N) is 1. The third-order valence-electron chi connectivity index (χ3n) is 18.1. The number of hydrogen-bond acceptors (Lipinski definition) is 2. The Morgan fingerprint density at radius 2 is 1.09 bits per heavy atom. The van der Waals surface area contributed by atoms with E-state index in [0.29, 0.717) is 17.3 Å². The molecule has 58 heavy (non-hydrogen) atoms. The number of rotatable bonds is 4. The third-order valence-corrected chi connectivity index (χ3v) is 18.1. The van der Waals surface area contributed by atoms with E-state index in [2.05, 4.69) is 163 Å². The van der Waals surface area contributed by atoms with Gasteiger partial charge in [0.25, 0.3) is 0 Å². The second-order valence-electron chi connectivity index (χ2n) is 22.7. The van der Waals surface area contributed by atoms with E-state index in [4.69, 9.17) is 4.74 Å². The maximum atomic E-state index is 7.04. The summed E-state index contributed by atoms with van der Waals surface area (Å²) in [4.78, 5) is 2.63. The van der Waals surface area contributed by atoms with Gasteiger partial charge in [0.05, 0.1) is 5.69 Å². The molecular formula is C56H61NO. The second-order valence-corrected chi connectivity index (χ2v) is 22.7. The molecule has 0 saturated heterocycles. The zero-order chi connectivity index (χ0) is 39.8. The molecule has 2 spiro atoms. The zero-order valence-electron chi connectivity index (χ0n) is 36.1. The molecule has 5 aromatic rings. The molecule has 2 bridgehead atoms. The third kappa shape index (κ3) is 4.40. The predicted molar refractivity (Wildman–Crippen MR) is 239 cm³/mol. The van der Waals surface area contributed by atoms with Gasteiger partial charge in [-0.2, -0.15) is 0 Å². The van der Waals surface area contributed by atoms with Crippen LogP contribution in [-0.2, 0) is 27.1 Å². The number of anilines is 3. The van der Waals surface area contributed by atoms with E-state index in [9.17, 15) is 0 Å². The summed E-state index contributed by atoms with van der Waals surface area (Å²) >= 11 is 0. The Kier molecular flexibility index (Phi) is 6.93. The van der Waals surface area contributed by atoms with Crippen LogP contribution in [0.2, 0.25) is 0 Å². The Labute approximate surface area is 347 Å². The lowest BCUT2D eigenvalue weighted by Gasteiger charge is -2.77. The van der Waals surface area contributed by atoms with E-state index in [-0.39, 0.29) is 27.1 Å². The molecule has 7 aliphatic rings. The predicted octanol–water partition coefficient (Wildman–Crippen LogP) is 15.0. The van der Waals surface area contributed by atoms with Crippen LogP contribution in [-0.4, -0.2) is 0 Å². The van der Waals surface area contributed by atoms with Gasteiger partial charge < -0.3 is 9.64 Å². The van der Waals surface area contributed by atoms with Crippen LogP contribution in [0.4, 0.5) is 17.1 Å². The minimum absolute atomic E-state index is 0.0240. The van der Waals surface area contributed by atoms with E-state index >= 15 is 0 Å². The first kappa shape index (κ1) is 35.6. The number of para-hydroxylation sites is 1. The van der Waals surface area contributed by atoms with E-state index in [1.807, 2.05) is 0 Å². The second kappa shape index (κ2) is 11.3. The number of ether oxygens (including phenoxy) is 1. The van der Waals surface area contributed by atoms with Crippen LogP contribution in [0.15, 0.2) is 103 Å². The Morgan fingerprint density at radius 1 is 0.500 bits per heavy atom. The van der Waals surface area contributed by atoms with Crippen molar-refractivity contribution in [2.24, 2.45) is 29.1 Å². The SMILES string of the molecule is CC1(C)CCC(C)(C)c2cc(-c3ccc(N(c4ccc5c(c4)C(C)(C)CCC5(C)C)c4cccc5c4C4(c6ccccc6O5)C5CC6CC7CC4C75C6)cc3)ccc21. The van der Waals surface area contributed by atoms with Crippen LogP contribution < -0.4 is 9.64 Å². The first-order chi connectivity index (χ1) is 27.6. The van der Waals surface area contributed by atoms with Crippen molar-refractivity contribution >= 4 is 17.1 Å². The van der Waals surface area contributed by atoms with Gasteiger partial charge in [-0.1, -0.05) is 116 Å². The van der Waals surface area contributed by atoms with Gasteiger partial charge in [-0.15, -0.1) is 0 Å². The smallest absolute Gasteiger partial charge is 0.133 e. The molecule has 0 aromatic heterocycles. The first-order valence-electron chi connectivity index (χ1n) is 22.8. The topological polar surface area (TPSA) is 12.5 Å². The fourth-order valence-electron chi connectivity index (χ4n) is 15.0. The number of hydrogen-bond donors (Lipinski definition) is 0. The molecule has 6 atom stereocenters. The van der Waals surface area contributed by atoms with Crippen molar-refractivity contribution in [1.82, 2.24) is 0 Å². The average molecular weight is 764 g/mol. The molecule has 0 N–H and O–H groups in total. The summed E-state index contributed by atoms with van der Waals surface area (Å²) in [5, 5.41) is 0. The van der Waals surface area contributed by atoms with Crippen molar-refractivity contribution in [1.29, 1.82) is 0 Å². The highest BCUT2D eigenvalue weighted by Crippen LogP contribution is 2.90. The maximum absolute atomic E-state index is 7.04. The molecule has 12 rings (SSSR count). The molecule has 4 fully saturated rings. The maximum Gasteiger partial charge on any atom is 0.133 e. The lowest BCUT2D eigenvalue weighted by atomic mass is 9.26. The zero-order valence-corrected chi connectivity index (χ0v) is 36.1. The van der Waals surface area contributed by atoms with Crippen LogP contribution >= 0.6 is 0 Å². The highest BCUT2D eigenvalue weighted by molar-refractivity contribution is 5.85. The van der Waals surface area contributed by atoms with Crippen LogP contribution in [0.25, 0.3) is 11.1 Å². The molecule has 1 heterocycles. The van der Waals surface area contributed by atoms with Crippen molar-refractivity contribution in [3.8, 4) is 22.6 Å². The van der Waals surface area contributed by atoms with E-state index in [1.165, 1.54) is 113 Å². The van der Waals surface area contributed by atoms with Crippen LogP contribution in [0.5, 0.6) is 11.5 Å². The Hall–Kier alpha value is -4.30. The Balaban J connectivity index is 1.05. The van der Waals surface area contributed by atoms with Gasteiger partial charge >= 0.3 is 0 Å². The van der Waals surface area contributed by atoms with Gasteiger partial charge in [-0.05, 0) is 178 Å². The van der Waals surface area contributed by atoms with Gasteiger partial charge in [0.1, 0.15) is 11.5 Å². The van der Waals surface area contributed by atoms with Crippen LogP contribution in [0.3, 0.4) is 0 Å². The Morgan fingerprint density at radius 3 is 1.79 bits per heavy atom. The van der Waals surface area contributed by atoms with E-state index in [0.717, 1.165) is 23.3 Å². The normalized spacial score (nSPS) is 31.4. The summed E-state index contributed by atoms with van der Waals surface area (Å²) in [5.41, 5.74) is 16.5. The summed E-state index contributed by atoms with van der Waals surface area (Å²) in [6.07, 6.45) is 10.5. The van der Waals surface area contributed by atoms with Crippen molar-refractivity contribution < 1.29 is 4.74 Å². The summed E-state index contributed by atoms with van der Waals surface area (Å²) in [6, 6.07) is 40.5. The van der Waals surface area contributed by atoms with Gasteiger partial charge in [0, 0.05) is 27.9 Å². The minimum atomic E-state index is -0.0240. The number of benzene rings is 5. The van der Waals surface area contributed by atoms with Crippen molar-refractivity contribution in [2.75, 3.05) is 4.90 Å². The standard InChI is InChI=1S/C56H61NO/c1-51(2)24-26-53(5,6)43-30-36(18-22-40(43)51)35-16-19-38(20-17-35)57(39-21-23-41-44(32-39)54(7,8)27-25-52(41,3)4)45-13-11-15-47-50(45)56(42-12-9-10-14-46(42)58-47)48-29-34-28-37-31-49(56)55(37,48)33-34/h9-23,30,32,34,37,48-49H,24-29,31,33H2,1-8H3. The van der Waals surface area contributed by atoms with Crippen LogP contribution in [0, 0.1) is 29.1 Å². The quantitative estimate of drug-likeness (QED) is 0.181. The lowest BCUT2D eigenvalue weighted by Crippen LogP contribution is -2.74. The summed E-state index contributed by atoms with van der Waals surface area (Å²) in [5.74, 6) is 5.32. The molecule has 0 radical (unpaired) electrons. The van der Waals surface area contributed by atoms with Gasteiger partial charge in [0.2, 0.25) is 0 Å². The average Bonchev–Trinajstić information content (AvgIpc) is 3.74. The van der Waals surface area contributed by atoms with Crippen LogP contribution in [0.1, 0.15) is 140 Å². The highest BCUT2D eigenvalue weighted by Gasteiger charge is 2.84. The minimum Gasteiger partial charge on any atom is -0.457 e. The van der Waals surface area contributed by atoms with Gasteiger partial charge in [-0.25, -0.2) is 0 Å². The van der Waals surface area contributed by atoms with Crippen molar-refractivity contribution in [3.63, 3.8) is 0 Å². The lowest BCUT2D eigenvalue weighted by molar-refractivity contribution is -0.234. The highest BCUT2D eigenvalue weighted by atomic mass is 16.5. The molecule has 5 aromatic carbocycles. The molecule has 2 nitrogen and oxygen atoms in total. The summed E-state index contributed by atoms with van der Waals surface area (Å²) in [6.45, 7) is 19.5. The van der Waals surface area contributed by atoms with E-state index in [1.54, 1.807) is 0 Å².